The molecule has 0 aliphatic carbocycles. The molecule has 1 aromatic heterocycles. The van der Waals surface area contributed by atoms with E-state index < -0.39 is 17.7 Å². The van der Waals surface area contributed by atoms with Crippen molar-refractivity contribution in [3.8, 4) is 11.3 Å². The minimum atomic E-state index is -0.656. The van der Waals surface area contributed by atoms with Crippen molar-refractivity contribution >= 4 is 11.0 Å². The number of nitrogens with zero attached hydrogens (tertiary/aromatic N) is 2. The normalized spacial score (nSPS) is 12.6. The van der Waals surface area contributed by atoms with Gasteiger partial charge in [-0.3, -0.25) is 0 Å². The highest BCUT2D eigenvalue weighted by atomic mass is 19.1. The van der Waals surface area contributed by atoms with Crippen LogP contribution in [-0.2, 0) is 0 Å². The molecule has 5 heteroatoms. The number of fused-ring (bicyclic) bond motifs is 1. The van der Waals surface area contributed by atoms with Gasteiger partial charge in [0, 0.05) is 17.7 Å². The number of aryl methyl sites for hydroxylation is 1. The van der Waals surface area contributed by atoms with Crippen LogP contribution in [-0.4, -0.2) is 9.97 Å². The monoisotopic (exact) mass is 299 g/mol. The van der Waals surface area contributed by atoms with Gasteiger partial charge in [0.05, 0.1) is 22.4 Å². The van der Waals surface area contributed by atoms with Crippen LogP contribution in [0.2, 0.25) is 0 Å². The Hall–Kier alpha value is -2.40. The maximum absolute atomic E-state index is 13.5. The minimum Gasteiger partial charge on any atom is -0.323 e. The fourth-order valence-electron chi connectivity index (χ4n) is 2.40. The zero-order valence-electron chi connectivity index (χ0n) is 12.3. The molecule has 2 N–H and O–H groups in total. The molecule has 0 amide bonds. The summed E-state index contributed by atoms with van der Waals surface area (Å²) in [6, 6.07) is 8.57. The van der Waals surface area contributed by atoms with Crippen LogP contribution >= 0.6 is 0 Å². The molecule has 0 saturated heterocycles. The summed E-state index contributed by atoms with van der Waals surface area (Å²) in [7, 11) is 0. The van der Waals surface area contributed by atoms with E-state index in [1.807, 2.05) is 25.1 Å². The van der Waals surface area contributed by atoms with E-state index in [4.69, 9.17) is 5.73 Å². The van der Waals surface area contributed by atoms with Crippen LogP contribution < -0.4 is 5.73 Å². The number of benzene rings is 2. The molecule has 3 rings (SSSR count). The van der Waals surface area contributed by atoms with Gasteiger partial charge in [0.1, 0.15) is 11.6 Å². The zero-order chi connectivity index (χ0) is 15.9. The van der Waals surface area contributed by atoms with Crippen molar-refractivity contribution in [2.45, 2.75) is 19.9 Å². The highest BCUT2D eigenvalue weighted by Gasteiger charge is 2.16. The molecule has 3 nitrogen and oxygen atoms in total. The van der Waals surface area contributed by atoms with Crippen LogP contribution in [0.5, 0.6) is 0 Å². The van der Waals surface area contributed by atoms with Gasteiger partial charge in [-0.25, -0.2) is 18.7 Å². The van der Waals surface area contributed by atoms with Gasteiger partial charge in [-0.05, 0) is 43.7 Å². The lowest BCUT2D eigenvalue weighted by atomic mass is 10.0. The van der Waals surface area contributed by atoms with E-state index >= 15 is 0 Å². The third-order valence-electron chi connectivity index (χ3n) is 3.41. The molecule has 112 valence electrons. The summed E-state index contributed by atoms with van der Waals surface area (Å²) in [6.07, 6.45) is 0. The number of rotatable bonds is 2. The fraction of sp³-hybridized carbons (Fsp3) is 0.176. The van der Waals surface area contributed by atoms with Crippen LogP contribution in [0.25, 0.3) is 22.3 Å². The smallest absolute Gasteiger partial charge is 0.126 e. The molecule has 3 aromatic rings. The van der Waals surface area contributed by atoms with Gasteiger partial charge in [0.15, 0.2) is 0 Å². The van der Waals surface area contributed by atoms with Gasteiger partial charge in [0.2, 0.25) is 0 Å². The number of halogens is 2. The molecule has 1 atom stereocenters. The average Bonchev–Trinajstić information content (AvgIpc) is 2.44. The molecule has 0 fully saturated rings. The predicted molar refractivity (Wildman–Crippen MR) is 82.2 cm³/mol. The molecule has 0 aliphatic rings. The van der Waals surface area contributed by atoms with Gasteiger partial charge in [0.25, 0.3) is 0 Å². The summed E-state index contributed by atoms with van der Waals surface area (Å²) in [4.78, 5) is 9.05. The van der Waals surface area contributed by atoms with Gasteiger partial charge in [-0.2, -0.15) is 0 Å². The Morgan fingerprint density at radius 3 is 2.27 bits per heavy atom. The summed E-state index contributed by atoms with van der Waals surface area (Å²) in [6.45, 7) is 3.71. The quantitative estimate of drug-likeness (QED) is 0.780. The second kappa shape index (κ2) is 5.42. The first kappa shape index (κ1) is 14.5. The topological polar surface area (TPSA) is 51.8 Å². The summed E-state index contributed by atoms with van der Waals surface area (Å²) in [5, 5.41) is 0. The van der Waals surface area contributed by atoms with Crippen molar-refractivity contribution in [3.63, 3.8) is 0 Å². The van der Waals surface area contributed by atoms with E-state index in [1.54, 1.807) is 6.92 Å². The van der Waals surface area contributed by atoms with Crippen molar-refractivity contribution in [2.75, 3.05) is 0 Å². The van der Waals surface area contributed by atoms with Gasteiger partial charge in [-0.15, -0.1) is 0 Å². The molecule has 0 saturated carbocycles. The summed E-state index contributed by atoms with van der Waals surface area (Å²) in [5.74, 6) is -1.31. The van der Waals surface area contributed by atoms with E-state index in [-0.39, 0.29) is 0 Å². The Morgan fingerprint density at radius 1 is 0.955 bits per heavy atom. The van der Waals surface area contributed by atoms with Gasteiger partial charge in [-0.1, -0.05) is 6.07 Å². The maximum atomic E-state index is 13.5. The first-order valence-electron chi connectivity index (χ1n) is 6.94. The first-order valence-corrected chi connectivity index (χ1v) is 6.94. The lowest BCUT2D eigenvalue weighted by molar-refractivity contribution is 0.584. The fourth-order valence-corrected chi connectivity index (χ4v) is 2.40. The van der Waals surface area contributed by atoms with E-state index in [2.05, 4.69) is 9.97 Å². The Labute approximate surface area is 126 Å². The Balaban J connectivity index is 2.32. The lowest BCUT2D eigenvalue weighted by Gasteiger charge is -2.13. The second-order valence-corrected chi connectivity index (χ2v) is 5.40. The molecule has 2 aromatic carbocycles. The standard InChI is InChI=1S/C17H15F2N3/c1-9-3-4-14-15(5-9)22-17(16(21-14)10(2)20)11-6-12(18)8-13(19)7-11/h3-8,10H,20H2,1-2H3. The van der Waals surface area contributed by atoms with Crippen LogP contribution in [0.1, 0.15) is 24.2 Å². The Morgan fingerprint density at radius 2 is 1.64 bits per heavy atom. The molecule has 0 aliphatic heterocycles. The van der Waals surface area contributed by atoms with Crippen molar-refractivity contribution in [1.29, 1.82) is 0 Å². The largest absolute Gasteiger partial charge is 0.323 e. The molecule has 0 spiro atoms. The number of aromatic nitrogens is 2. The van der Waals surface area contributed by atoms with E-state index in [0.29, 0.717) is 28.0 Å². The minimum absolute atomic E-state index is 0.334. The SMILES string of the molecule is Cc1ccc2nc(C(C)N)c(-c3cc(F)cc(F)c3)nc2c1. The van der Waals surface area contributed by atoms with Crippen LogP contribution in [0.3, 0.4) is 0 Å². The van der Waals surface area contributed by atoms with Crippen LogP contribution in [0.4, 0.5) is 8.78 Å². The summed E-state index contributed by atoms with van der Waals surface area (Å²) in [5.41, 5.74) is 9.63. The second-order valence-electron chi connectivity index (χ2n) is 5.40. The number of hydrogen-bond donors (Lipinski definition) is 1. The Kier molecular flexibility index (Phi) is 3.58. The van der Waals surface area contributed by atoms with Gasteiger partial charge < -0.3 is 5.73 Å². The van der Waals surface area contributed by atoms with Crippen molar-refractivity contribution in [1.82, 2.24) is 9.97 Å². The van der Waals surface area contributed by atoms with E-state index in [0.717, 1.165) is 11.6 Å². The Bertz CT molecular complexity index is 840. The lowest BCUT2D eigenvalue weighted by Crippen LogP contribution is -2.11. The predicted octanol–water partition coefficient (Wildman–Crippen LogP) is 3.90. The molecule has 22 heavy (non-hydrogen) atoms. The third kappa shape index (κ3) is 2.67. The molecule has 1 heterocycles. The molecular formula is C17H15F2N3. The maximum Gasteiger partial charge on any atom is 0.126 e. The molecule has 0 radical (unpaired) electrons. The highest BCUT2D eigenvalue weighted by Crippen LogP contribution is 2.28. The van der Waals surface area contributed by atoms with E-state index in [9.17, 15) is 8.78 Å². The van der Waals surface area contributed by atoms with E-state index in [1.165, 1.54) is 12.1 Å². The highest BCUT2D eigenvalue weighted by molar-refractivity contribution is 5.79. The number of hydrogen-bond acceptors (Lipinski definition) is 3. The number of nitrogens with two attached hydrogens (primary N) is 1. The van der Waals surface area contributed by atoms with Gasteiger partial charge >= 0.3 is 0 Å². The van der Waals surface area contributed by atoms with Crippen molar-refractivity contribution in [2.24, 2.45) is 5.73 Å². The molecular weight excluding hydrogens is 284 g/mol. The summed E-state index contributed by atoms with van der Waals surface area (Å²) >= 11 is 0. The molecule has 0 bridgehead atoms. The molecule has 1 unspecified atom stereocenters. The summed E-state index contributed by atoms with van der Waals surface area (Å²) < 4.78 is 27.0. The average molecular weight is 299 g/mol. The van der Waals surface area contributed by atoms with Crippen LogP contribution in [0, 0.1) is 18.6 Å². The zero-order valence-corrected chi connectivity index (χ0v) is 12.3. The van der Waals surface area contributed by atoms with Crippen molar-refractivity contribution < 1.29 is 8.78 Å². The van der Waals surface area contributed by atoms with Crippen molar-refractivity contribution in [3.05, 3.63) is 59.3 Å². The third-order valence-corrected chi connectivity index (χ3v) is 3.41. The van der Waals surface area contributed by atoms with Crippen LogP contribution in [0.15, 0.2) is 36.4 Å². The first-order chi connectivity index (χ1) is 10.4.